The summed E-state index contributed by atoms with van der Waals surface area (Å²) in [5, 5.41) is 2.87. The molecule has 3 nitrogen and oxygen atoms in total. The van der Waals surface area contributed by atoms with Crippen molar-refractivity contribution in [2.45, 2.75) is 38.6 Å². The summed E-state index contributed by atoms with van der Waals surface area (Å²) in [6.45, 7) is 2.05. The summed E-state index contributed by atoms with van der Waals surface area (Å²) in [7, 11) is 0. The lowest BCUT2D eigenvalue weighted by Crippen LogP contribution is -2.43. The van der Waals surface area contributed by atoms with Gasteiger partial charge in [-0.25, -0.2) is 0 Å². The lowest BCUT2D eigenvalue weighted by atomic mass is 10.1. The molecular formula is C9H16N2OS. The molecular weight excluding hydrogens is 184 g/mol. The predicted molar refractivity (Wildman–Crippen MR) is 56.3 cm³/mol. The van der Waals surface area contributed by atoms with Crippen molar-refractivity contribution in [2.75, 3.05) is 0 Å². The minimum absolute atomic E-state index is 0.104. The van der Waals surface area contributed by atoms with E-state index in [9.17, 15) is 4.79 Å². The van der Waals surface area contributed by atoms with Crippen LogP contribution in [-0.4, -0.2) is 16.9 Å². The van der Waals surface area contributed by atoms with Crippen molar-refractivity contribution in [3.63, 3.8) is 0 Å². The second-order valence-corrected chi connectivity index (χ2v) is 4.00. The van der Waals surface area contributed by atoms with Crippen LogP contribution in [0.5, 0.6) is 0 Å². The van der Waals surface area contributed by atoms with E-state index in [-0.39, 0.29) is 17.9 Å². The van der Waals surface area contributed by atoms with Crippen LogP contribution in [0.15, 0.2) is 0 Å². The summed E-state index contributed by atoms with van der Waals surface area (Å²) < 4.78 is 0. The van der Waals surface area contributed by atoms with Crippen molar-refractivity contribution in [1.82, 2.24) is 5.32 Å². The van der Waals surface area contributed by atoms with E-state index in [4.69, 9.17) is 18.0 Å². The summed E-state index contributed by atoms with van der Waals surface area (Å²) >= 11 is 4.87. The number of amides is 1. The second-order valence-electron chi connectivity index (χ2n) is 3.53. The Morgan fingerprint density at radius 3 is 2.69 bits per heavy atom. The maximum atomic E-state index is 11.4. The molecule has 1 aliphatic rings. The van der Waals surface area contributed by atoms with Crippen LogP contribution in [0.3, 0.4) is 0 Å². The van der Waals surface area contributed by atoms with E-state index in [0.717, 1.165) is 25.7 Å². The van der Waals surface area contributed by atoms with Crippen LogP contribution in [0.1, 0.15) is 32.6 Å². The van der Waals surface area contributed by atoms with E-state index in [1.54, 1.807) is 0 Å². The van der Waals surface area contributed by atoms with Gasteiger partial charge in [0.25, 0.3) is 0 Å². The number of rotatable bonds is 5. The summed E-state index contributed by atoms with van der Waals surface area (Å²) in [6.07, 6.45) is 3.85. The van der Waals surface area contributed by atoms with Crippen molar-refractivity contribution < 1.29 is 4.79 Å². The number of carbonyl (C=O) groups is 1. The molecule has 3 N–H and O–H groups in total. The Balaban J connectivity index is 2.36. The molecule has 0 bridgehead atoms. The number of nitrogens with one attached hydrogen (secondary N) is 1. The van der Waals surface area contributed by atoms with Crippen molar-refractivity contribution in [3.05, 3.63) is 0 Å². The van der Waals surface area contributed by atoms with E-state index in [0.29, 0.717) is 4.99 Å². The number of nitrogens with two attached hydrogens (primary N) is 1. The van der Waals surface area contributed by atoms with E-state index in [2.05, 4.69) is 12.2 Å². The molecule has 74 valence electrons. The average Bonchev–Trinajstić information content (AvgIpc) is 2.85. The van der Waals surface area contributed by atoms with Gasteiger partial charge in [-0.15, -0.1) is 0 Å². The van der Waals surface area contributed by atoms with Gasteiger partial charge in [0.2, 0.25) is 5.91 Å². The van der Waals surface area contributed by atoms with Gasteiger partial charge >= 0.3 is 0 Å². The molecule has 0 aliphatic heterocycles. The van der Waals surface area contributed by atoms with Gasteiger partial charge in [0.05, 0.1) is 11.0 Å². The molecule has 1 rings (SSSR count). The largest absolute Gasteiger partial charge is 0.392 e. The van der Waals surface area contributed by atoms with Crippen molar-refractivity contribution in [2.24, 2.45) is 11.7 Å². The lowest BCUT2D eigenvalue weighted by Gasteiger charge is -2.16. The highest BCUT2D eigenvalue weighted by Gasteiger charge is 2.31. The number of carbonyl (C=O) groups excluding carboxylic acids is 1. The molecule has 13 heavy (non-hydrogen) atoms. The third kappa shape index (κ3) is 3.30. The third-order valence-electron chi connectivity index (χ3n) is 2.19. The predicted octanol–water partition coefficient (Wildman–Crippen LogP) is 0.967. The van der Waals surface area contributed by atoms with Gasteiger partial charge in [-0.05, 0) is 19.3 Å². The summed E-state index contributed by atoms with van der Waals surface area (Å²) in [5.41, 5.74) is 5.51. The molecule has 4 heteroatoms. The van der Waals surface area contributed by atoms with Crippen LogP contribution in [0.4, 0.5) is 0 Å². The smallest absolute Gasteiger partial charge is 0.223 e. The van der Waals surface area contributed by atoms with Crippen LogP contribution < -0.4 is 11.1 Å². The number of hydrogen-bond donors (Lipinski definition) is 2. The molecule has 1 amide bonds. The van der Waals surface area contributed by atoms with Gasteiger partial charge in [-0.3, -0.25) is 4.79 Å². The molecule has 1 unspecified atom stereocenters. The minimum Gasteiger partial charge on any atom is -0.392 e. The molecule has 0 spiro atoms. The van der Waals surface area contributed by atoms with Gasteiger partial charge in [-0.2, -0.15) is 0 Å². The minimum atomic E-state index is -0.104. The number of thiocarbonyl (C=S) groups is 1. The van der Waals surface area contributed by atoms with E-state index < -0.39 is 0 Å². The molecule has 0 saturated heterocycles. The van der Waals surface area contributed by atoms with Crippen LogP contribution in [-0.2, 0) is 4.79 Å². The van der Waals surface area contributed by atoms with Crippen LogP contribution >= 0.6 is 12.2 Å². The zero-order valence-corrected chi connectivity index (χ0v) is 8.69. The van der Waals surface area contributed by atoms with Gasteiger partial charge < -0.3 is 11.1 Å². The molecule has 0 aromatic rings. The highest BCUT2D eigenvalue weighted by Crippen LogP contribution is 2.28. The van der Waals surface area contributed by atoms with Gasteiger partial charge in [0.15, 0.2) is 0 Å². The Hall–Kier alpha value is -0.640. The first-order chi connectivity index (χ1) is 6.15. The highest BCUT2D eigenvalue weighted by atomic mass is 32.1. The number of hydrogen-bond acceptors (Lipinski definition) is 2. The van der Waals surface area contributed by atoms with Crippen molar-refractivity contribution in [1.29, 1.82) is 0 Å². The standard InChI is InChI=1S/C9H16N2OS/c1-2-3-7(8(10)13)11-9(12)6-4-5-6/h6-7H,2-5H2,1H3,(H2,10,13)(H,11,12). The molecule has 0 aromatic carbocycles. The zero-order chi connectivity index (χ0) is 9.84. The Kier molecular flexibility index (Phi) is 3.66. The quantitative estimate of drug-likeness (QED) is 0.650. The van der Waals surface area contributed by atoms with Crippen LogP contribution in [0.25, 0.3) is 0 Å². The monoisotopic (exact) mass is 200 g/mol. The Morgan fingerprint density at radius 1 is 1.69 bits per heavy atom. The van der Waals surface area contributed by atoms with Crippen LogP contribution in [0, 0.1) is 5.92 Å². The van der Waals surface area contributed by atoms with Crippen molar-refractivity contribution in [3.8, 4) is 0 Å². The third-order valence-corrected chi connectivity index (χ3v) is 2.47. The molecule has 0 aromatic heterocycles. The average molecular weight is 200 g/mol. The van der Waals surface area contributed by atoms with E-state index in [1.807, 2.05) is 0 Å². The van der Waals surface area contributed by atoms with Crippen molar-refractivity contribution >= 4 is 23.1 Å². The summed E-state index contributed by atoms with van der Waals surface area (Å²) in [4.78, 5) is 11.8. The molecule has 0 heterocycles. The lowest BCUT2D eigenvalue weighted by molar-refractivity contribution is -0.122. The zero-order valence-electron chi connectivity index (χ0n) is 7.88. The second kappa shape index (κ2) is 4.56. The van der Waals surface area contributed by atoms with Crippen LogP contribution in [0.2, 0.25) is 0 Å². The molecule has 1 atom stereocenters. The molecule has 1 saturated carbocycles. The molecule has 1 aliphatic carbocycles. The molecule has 0 radical (unpaired) electrons. The van der Waals surface area contributed by atoms with Gasteiger partial charge in [-0.1, -0.05) is 25.6 Å². The van der Waals surface area contributed by atoms with E-state index >= 15 is 0 Å². The SMILES string of the molecule is CCCC(NC(=O)C1CC1)C(N)=S. The first-order valence-corrected chi connectivity index (χ1v) is 5.15. The highest BCUT2D eigenvalue weighted by molar-refractivity contribution is 7.80. The van der Waals surface area contributed by atoms with E-state index in [1.165, 1.54) is 0 Å². The van der Waals surface area contributed by atoms with Gasteiger partial charge in [0.1, 0.15) is 0 Å². The maximum Gasteiger partial charge on any atom is 0.223 e. The van der Waals surface area contributed by atoms with Gasteiger partial charge in [0, 0.05) is 5.92 Å². The fourth-order valence-electron chi connectivity index (χ4n) is 1.21. The fourth-order valence-corrected chi connectivity index (χ4v) is 1.39. The Bertz CT molecular complexity index is 214. The molecule has 1 fully saturated rings. The Morgan fingerprint density at radius 2 is 2.31 bits per heavy atom. The first-order valence-electron chi connectivity index (χ1n) is 4.74. The normalized spacial score (nSPS) is 17.9. The summed E-state index contributed by atoms with van der Waals surface area (Å²) in [6, 6.07) is -0.104. The summed E-state index contributed by atoms with van der Waals surface area (Å²) in [5.74, 6) is 0.347. The Labute approximate surface area is 84.1 Å². The fraction of sp³-hybridized carbons (Fsp3) is 0.778. The topological polar surface area (TPSA) is 55.1 Å². The first kappa shape index (κ1) is 10.4. The maximum absolute atomic E-state index is 11.4.